The van der Waals surface area contributed by atoms with Gasteiger partial charge < -0.3 is 14.2 Å². The highest BCUT2D eigenvalue weighted by atomic mass is 16.6. The Morgan fingerprint density at radius 2 is 1.40 bits per heavy atom. The first-order valence-electron chi connectivity index (χ1n) is 12.5. The molecule has 0 aromatic carbocycles. The third-order valence-electron chi connectivity index (χ3n) is 6.43. The molecule has 0 aromatic heterocycles. The lowest BCUT2D eigenvalue weighted by Crippen LogP contribution is -2.17. The van der Waals surface area contributed by atoms with Gasteiger partial charge in [-0.3, -0.25) is 9.59 Å². The first-order valence-corrected chi connectivity index (χ1v) is 12.5. The zero-order valence-electron chi connectivity index (χ0n) is 19.4. The molecule has 1 saturated heterocycles. The van der Waals surface area contributed by atoms with Gasteiger partial charge in [-0.25, -0.2) is 0 Å². The predicted molar refractivity (Wildman–Crippen MR) is 118 cm³/mol. The van der Waals surface area contributed by atoms with Crippen LogP contribution in [-0.2, 0) is 23.8 Å². The largest absolute Gasteiger partial charge is 0.465 e. The summed E-state index contributed by atoms with van der Waals surface area (Å²) in [6.07, 6.45) is 15.0. The molecule has 30 heavy (non-hydrogen) atoms. The lowest BCUT2D eigenvalue weighted by molar-refractivity contribution is -0.145. The Morgan fingerprint density at radius 1 is 0.800 bits per heavy atom. The molecule has 0 bridgehead atoms. The van der Waals surface area contributed by atoms with Gasteiger partial charge >= 0.3 is 11.9 Å². The van der Waals surface area contributed by atoms with Crippen molar-refractivity contribution in [2.24, 2.45) is 17.8 Å². The van der Waals surface area contributed by atoms with Crippen LogP contribution in [0.1, 0.15) is 104 Å². The number of ether oxygens (including phenoxy) is 3. The fraction of sp³-hybridized carbons (Fsp3) is 0.920. The summed E-state index contributed by atoms with van der Waals surface area (Å²) in [6, 6.07) is 0. The van der Waals surface area contributed by atoms with Crippen LogP contribution in [0.5, 0.6) is 0 Å². The zero-order chi connectivity index (χ0) is 21.6. The molecule has 0 radical (unpaired) electrons. The summed E-state index contributed by atoms with van der Waals surface area (Å²) in [4.78, 5) is 23.8. The summed E-state index contributed by atoms with van der Waals surface area (Å²) < 4.78 is 15.7. The molecule has 2 fully saturated rings. The fourth-order valence-electron chi connectivity index (χ4n) is 4.24. The molecule has 0 N–H and O–H groups in total. The smallest absolute Gasteiger partial charge is 0.305 e. The number of hydrogen-bond donors (Lipinski definition) is 0. The first kappa shape index (κ1) is 25.2. The lowest BCUT2D eigenvalue weighted by atomic mass is 9.79. The molecule has 1 aliphatic carbocycles. The van der Waals surface area contributed by atoms with Gasteiger partial charge in [-0.15, -0.1) is 0 Å². The van der Waals surface area contributed by atoms with Crippen molar-refractivity contribution in [2.75, 3.05) is 19.8 Å². The highest BCUT2D eigenvalue weighted by molar-refractivity contribution is 5.69. The number of esters is 2. The van der Waals surface area contributed by atoms with Crippen molar-refractivity contribution in [1.82, 2.24) is 0 Å². The number of hydrogen-bond acceptors (Lipinski definition) is 5. The second kappa shape index (κ2) is 14.8. The van der Waals surface area contributed by atoms with Crippen LogP contribution in [0, 0.1) is 17.8 Å². The van der Waals surface area contributed by atoms with Crippen molar-refractivity contribution in [3.8, 4) is 0 Å². The molecule has 5 nitrogen and oxygen atoms in total. The van der Waals surface area contributed by atoms with Crippen molar-refractivity contribution in [3.05, 3.63) is 0 Å². The summed E-state index contributed by atoms with van der Waals surface area (Å²) in [5.74, 6) is 1.91. The van der Waals surface area contributed by atoms with E-state index in [2.05, 4.69) is 13.8 Å². The molecule has 0 spiro atoms. The van der Waals surface area contributed by atoms with Crippen molar-refractivity contribution >= 4 is 11.9 Å². The van der Waals surface area contributed by atoms with Crippen LogP contribution in [0.2, 0.25) is 0 Å². The highest BCUT2D eigenvalue weighted by Crippen LogP contribution is 2.32. The number of carbonyl (C=O) groups is 2. The molecule has 5 heteroatoms. The van der Waals surface area contributed by atoms with E-state index in [1.807, 2.05) is 0 Å². The minimum Gasteiger partial charge on any atom is -0.465 e. The normalized spacial score (nSPS) is 19.9. The van der Waals surface area contributed by atoms with Crippen molar-refractivity contribution in [3.63, 3.8) is 0 Å². The van der Waals surface area contributed by atoms with E-state index in [1.54, 1.807) is 0 Å². The maximum absolute atomic E-state index is 12.0. The molecule has 1 saturated carbocycles. The highest BCUT2D eigenvalue weighted by Gasteiger charge is 2.25. The monoisotopic (exact) mass is 424 g/mol. The van der Waals surface area contributed by atoms with Gasteiger partial charge in [-0.05, 0) is 49.9 Å². The van der Waals surface area contributed by atoms with Crippen molar-refractivity contribution in [1.29, 1.82) is 0 Å². The lowest BCUT2D eigenvalue weighted by Gasteiger charge is -2.27. The minimum atomic E-state index is -0.0928. The van der Waals surface area contributed by atoms with Gasteiger partial charge in [0.05, 0.1) is 13.2 Å². The molecule has 0 amide bonds. The van der Waals surface area contributed by atoms with Gasteiger partial charge in [0, 0.05) is 12.8 Å². The van der Waals surface area contributed by atoms with Gasteiger partial charge in [-0.2, -0.15) is 0 Å². The Hall–Kier alpha value is -1.10. The van der Waals surface area contributed by atoms with Gasteiger partial charge in [0.15, 0.2) is 0 Å². The number of carbonyl (C=O) groups excluding carboxylic acids is 2. The second-order valence-electron chi connectivity index (χ2n) is 9.35. The Labute approximate surface area is 183 Å². The predicted octanol–water partition coefficient (Wildman–Crippen LogP) is 5.84. The van der Waals surface area contributed by atoms with Crippen molar-refractivity contribution < 1.29 is 23.8 Å². The van der Waals surface area contributed by atoms with E-state index in [0.717, 1.165) is 32.3 Å². The van der Waals surface area contributed by atoms with E-state index in [4.69, 9.17) is 14.2 Å². The van der Waals surface area contributed by atoms with Crippen LogP contribution in [0.25, 0.3) is 0 Å². The maximum atomic E-state index is 12.0. The molecule has 3 atom stereocenters. The molecular weight excluding hydrogens is 380 g/mol. The van der Waals surface area contributed by atoms with Crippen LogP contribution in [0.4, 0.5) is 0 Å². The quantitative estimate of drug-likeness (QED) is 0.148. The van der Waals surface area contributed by atoms with E-state index < -0.39 is 0 Å². The fourth-order valence-corrected chi connectivity index (χ4v) is 4.24. The summed E-state index contributed by atoms with van der Waals surface area (Å²) in [6.45, 7) is 6.28. The second-order valence-corrected chi connectivity index (χ2v) is 9.35. The van der Waals surface area contributed by atoms with E-state index in [-0.39, 0.29) is 18.0 Å². The van der Waals surface area contributed by atoms with Gasteiger partial charge in [0.2, 0.25) is 0 Å². The van der Waals surface area contributed by atoms with Crippen LogP contribution in [-0.4, -0.2) is 37.9 Å². The van der Waals surface area contributed by atoms with E-state index in [9.17, 15) is 9.59 Å². The van der Waals surface area contributed by atoms with Crippen LogP contribution in [0.15, 0.2) is 0 Å². The Balaban J connectivity index is 1.65. The zero-order valence-corrected chi connectivity index (χ0v) is 19.4. The number of epoxide rings is 1. The van der Waals surface area contributed by atoms with Crippen LogP contribution < -0.4 is 0 Å². The topological polar surface area (TPSA) is 65.1 Å². The van der Waals surface area contributed by atoms with E-state index >= 15 is 0 Å². The summed E-state index contributed by atoms with van der Waals surface area (Å²) in [5, 5.41) is 0. The summed E-state index contributed by atoms with van der Waals surface area (Å²) in [5.41, 5.74) is 0. The third kappa shape index (κ3) is 11.9. The molecule has 1 heterocycles. The standard InChI is InChI=1S/C25H44O5/c1-3-5-10-22(12-8-14-25(27)29-17-20-15-16-20)21(9-4-2)11-6-7-13-24(26)30-19-23-18-28-23/h20-23H,3-19H2,1-2H3. The Morgan fingerprint density at radius 3 is 2.03 bits per heavy atom. The third-order valence-corrected chi connectivity index (χ3v) is 6.43. The van der Waals surface area contributed by atoms with Gasteiger partial charge in [0.25, 0.3) is 0 Å². The average Bonchev–Trinajstić information content (AvgIpc) is 3.64. The Bertz CT molecular complexity index is 484. The van der Waals surface area contributed by atoms with Gasteiger partial charge in [-0.1, -0.05) is 58.8 Å². The summed E-state index contributed by atoms with van der Waals surface area (Å²) >= 11 is 0. The first-order chi connectivity index (χ1) is 14.6. The number of unbranched alkanes of at least 4 members (excludes halogenated alkanes) is 2. The number of rotatable bonds is 19. The maximum Gasteiger partial charge on any atom is 0.305 e. The Kier molecular flexibility index (Phi) is 12.4. The SMILES string of the molecule is CCCCC(CCCC(=O)OCC1CC1)C(CCC)CCCCC(=O)OCC1CO1. The molecule has 174 valence electrons. The molecule has 2 aliphatic rings. The molecule has 3 unspecified atom stereocenters. The average molecular weight is 425 g/mol. The molecule has 1 aliphatic heterocycles. The summed E-state index contributed by atoms with van der Waals surface area (Å²) in [7, 11) is 0. The van der Waals surface area contributed by atoms with Gasteiger partial charge in [0.1, 0.15) is 12.7 Å². The van der Waals surface area contributed by atoms with E-state index in [0.29, 0.717) is 43.8 Å². The molecular formula is C25H44O5. The molecule has 0 aromatic rings. The van der Waals surface area contributed by atoms with Crippen molar-refractivity contribution in [2.45, 2.75) is 110 Å². The minimum absolute atomic E-state index is 0.0155. The van der Waals surface area contributed by atoms with Crippen LogP contribution in [0.3, 0.4) is 0 Å². The van der Waals surface area contributed by atoms with Crippen LogP contribution >= 0.6 is 0 Å². The van der Waals surface area contributed by atoms with E-state index in [1.165, 1.54) is 51.4 Å². The molecule has 2 rings (SSSR count).